The van der Waals surface area contributed by atoms with E-state index in [1.165, 1.54) is 30.4 Å². The third-order valence-corrected chi connectivity index (χ3v) is 8.00. The molecule has 1 N–H and O–H groups in total. The predicted octanol–water partition coefficient (Wildman–Crippen LogP) is 8.38. The molecule has 1 aliphatic rings. The number of anilines is 1. The third-order valence-electron chi connectivity index (χ3n) is 7.64. The molecule has 212 valence electrons. The highest BCUT2D eigenvalue weighted by atomic mass is 35.5. The van der Waals surface area contributed by atoms with Gasteiger partial charge < -0.3 is 14.5 Å². The molecule has 1 saturated heterocycles. The fourth-order valence-electron chi connectivity index (χ4n) is 5.19. The molecule has 0 aliphatic carbocycles. The molecule has 0 radical (unpaired) electrons. The van der Waals surface area contributed by atoms with Gasteiger partial charge in [-0.3, -0.25) is 4.90 Å². The molecule has 41 heavy (non-hydrogen) atoms. The summed E-state index contributed by atoms with van der Waals surface area (Å²) < 4.78 is 12.0. The normalized spacial score (nSPS) is 14.8. The summed E-state index contributed by atoms with van der Waals surface area (Å²) >= 11 is 6.24. The van der Waals surface area contributed by atoms with E-state index in [-0.39, 0.29) is 17.2 Å². The Labute approximate surface area is 247 Å². The van der Waals surface area contributed by atoms with E-state index in [1.807, 2.05) is 48.5 Å². The van der Waals surface area contributed by atoms with Crippen molar-refractivity contribution in [3.8, 4) is 23.3 Å². The Balaban J connectivity index is 1.29. The van der Waals surface area contributed by atoms with E-state index in [4.69, 9.17) is 20.8 Å². The maximum atomic E-state index is 9.81. The van der Waals surface area contributed by atoms with E-state index in [0.29, 0.717) is 35.7 Å². The number of nitrogens with zero attached hydrogens (tertiary/aromatic N) is 3. The molecule has 6 nitrogen and oxygen atoms in total. The van der Waals surface area contributed by atoms with Gasteiger partial charge >= 0.3 is 0 Å². The highest BCUT2D eigenvalue weighted by Gasteiger charge is 2.25. The third kappa shape index (κ3) is 7.11. The summed E-state index contributed by atoms with van der Waals surface area (Å²) in [6, 6.07) is 26.4. The van der Waals surface area contributed by atoms with Crippen molar-refractivity contribution in [1.29, 1.82) is 5.26 Å². The molecule has 4 aromatic rings. The second kappa shape index (κ2) is 12.8. The molecular weight excluding hydrogens is 532 g/mol. The summed E-state index contributed by atoms with van der Waals surface area (Å²) in [6.45, 7) is 9.82. The quantitative estimate of drug-likeness (QED) is 0.218. The number of aromatic nitrogens is 1. The van der Waals surface area contributed by atoms with Crippen LogP contribution in [-0.4, -0.2) is 29.5 Å². The maximum Gasteiger partial charge on any atom is 0.232 e. The predicted molar refractivity (Wildman–Crippen MR) is 164 cm³/mol. The van der Waals surface area contributed by atoms with E-state index in [9.17, 15) is 5.26 Å². The summed E-state index contributed by atoms with van der Waals surface area (Å²) in [6.07, 6.45) is 3.67. The van der Waals surface area contributed by atoms with Crippen LogP contribution in [-0.2, 0) is 12.0 Å². The Morgan fingerprint density at radius 3 is 2.37 bits per heavy atom. The van der Waals surface area contributed by atoms with Crippen molar-refractivity contribution in [1.82, 2.24) is 9.88 Å². The van der Waals surface area contributed by atoms with E-state index < -0.39 is 0 Å². The number of nitrogens with one attached hydrogen (secondary N) is 1. The number of nitriles is 1. The van der Waals surface area contributed by atoms with Gasteiger partial charge in [0.1, 0.15) is 18.4 Å². The molecule has 0 bridgehead atoms. The SMILES string of the molecule is CC(C)(C)c1ccc([C@H](CNc2oc(-c3ccc(OCc4ccccc4Cl)cc3)nc2C#N)N2CCCCC2)cc1. The summed E-state index contributed by atoms with van der Waals surface area (Å²) in [5.41, 5.74) is 4.63. The molecule has 5 rings (SSSR count). The van der Waals surface area contributed by atoms with Gasteiger partial charge in [0.05, 0.1) is 6.04 Å². The lowest BCUT2D eigenvalue weighted by atomic mass is 9.86. The number of ether oxygens (including phenoxy) is 1. The van der Waals surface area contributed by atoms with Gasteiger partial charge in [-0.25, -0.2) is 0 Å². The lowest BCUT2D eigenvalue weighted by molar-refractivity contribution is 0.170. The number of rotatable bonds is 9. The molecule has 0 amide bonds. The van der Waals surface area contributed by atoms with Crippen LogP contribution in [0.1, 0.15) is 68.5 Å². The van der Waals surface area contributed by atoms with Crippen LogP contribution in [0.2, 0.25) is 5.02 Å². The van der Waals surface area contributed by atoms with Crippen LogP contribution >= 0.6 is 11.6 Å². The van der Waals surface area contributed by atoms with Crippen LogP contribution in [0.5, 0.6) is 5.75 Å². The van der Waals surface area contributed by atoms with Crippen molar-refractivity contribution in [2.45, 2.75) is 58.1 Å². The molecule has 0 unspecified atom stereocenters. The smallest absolute Gasteiger partial charge is 0.232 e. The van der Waals surface area contributed by atoms with Gasteiger partial charge in [-0.15, -0.1) is 0 Å². The molecule has 1 fully saturated rings. The summed E-state index contributed by atoms with van der Waals surface area (Å²) in [5, 5.41) is 13.9. The summed E-state index contributed by atoms with van der Waals surface area (Å²) in [4.78, 5) is 7.01. The average Bonchev–Trinajstić information content (AvgIpc) is 3.41. The fourth-order valence-corrected chi connectivity index (χ4v) is 5.38. The van der Waals surface area contributed by atoms with E-state index in [1.54, 1.807) is 0 Å². The van der Waals surface area contributed by atoms with Gasteiger partial charge in [-0.2, -0.15) is 10.2 Å². The minimum absolute atomic E-state index is 0.106. The summed E-state index contributed by atoms with van der Waals surface area (Å²) in [5.74, 6) is 1.50. The Morgan fingerprint density at radius 1 is 1.00 bits per heavy atom. The second-order valence-electron chi connectivity index (χ2n) is 11.6. The summed E-state index contributed by atoms with van der Waals surface area (Å²) in [7, 11) is 0. The van der Waals surface area contributed by atoms with Crippen LogP contribution in [0.25, 0.3) is 11.5 Å². The van der Waals surface area contributed by atoms with Crippen molar-refractivity contribution in [2.75, 3.05) is 25.0 Å². The maximum absolute atomic E-state index is 9.81. The van der Waals surface area contributed by atoms with E-state index in [2.05, 4.69) is 66.3 Å². The van der Waals surface area contributed by atoms with Gasteiger partial charge in [-0.1, -0.05) is 81.3 Å². The number of halogens is 1. The number of oxazole rings is 1. The zero-order valence-corrected chi connectivity index (χ0v) is 24.7. The minimum atomic E-state index is 0.106. The van der Waals surface area contributed by atoms with Crippen molar-refractivity contribution in [3.05, 3.63) is 100 Å². The van der Waals surface area contributed by atoms with Crippen LogP contribution in [0.4, 0.5) is 5.88 Å². The zero-order valence-electron chi connectivity index (χ0n) is 24.0. The Bertz CT molecular complexity index is 1480. The van der Waals surface area contributed by atoms with Gasteiger partial charge in [-0.05, 0) is 72.8 Å². The Kier molecular flexibility index (Phi) is 8.97. The highest BCUT2D eigenvalue weighted by Crippen LogP contribution is 2.31. The van der Waals surface area contributed by atoms with Crippen LogP contribution in [0.3, 0.4) is 0 Å². The molecule has 1 aromatic heterocycles. The Hall–Kier alpha value is -3.79. The van der Waals surface area contributed by atoms with Crippen molar-refractivity contribution in [3.63, 3.8) is 0 Å². The average molecular weight is 569 g/mol. The number of benzene rings is 3. The van der Waals surface area contributed by atoms with E-state index >= 15 is 0 Å². The highest BCUT2D eigenvalue weighted by molar-refractivity contribution is 6.31. The fraction of sp³-hybridized carbons (Fsp3) is 0.353. The number of piperidine rings is 1. The molecule has 0 spiro atoms. The van der Waals surface area contributed by atoms with Crippen molar-refractivity contribution in [2.24, 2.45) is 0 Å². The zero-order chi connectivity index (χ0) is 28.8. The first-order chi connectivity index (χ1) is 19.8. The van der Waals surface area contributed by atoms with Crippen LogP contribution in [0, 0.1) is 11.3 Å². The van der Waals surface area contributed by atoms with E-state index in [0.717, 1.165) is 24.2 Å². The topological polar surface area (TPSA) is 74.3 Å². The monoisotopic (exact) mass is 568 g/mol. The Morgan fingerprint density at radius 2 is 1.71 bits per heavy atom. The van der Waals surface area contributed by atoms with Gasteiger partial charge in [0.25, 0.3) is 0 Å². The van der Waals surface area contributed by atoms with Gasteiger partial charge in [0.2, 0.25) is 17.5 Å². The van der Waals surface area contributed by atoms with Crippen LogP contribution < -0.4 is 10.1 Å². The van der Waals surface area contributed by atoms with Crippen LogP contribution in [0.15, 0.2) is 77.2 Å². The molecule has 7 heteroatoms. The molecule has 1 aliphatic heterocycles. The number of hydrogen-bond donors (Lipinski definition) is 1. The minimum Gasteiger partial charge on any atom is -0.489 e. The molecule has 0 saturated carbocycles. The molecule has 3 aromatic carbocycles. The first-order valence-electron chi connectivity index (χ1n) is 14.3. The second-order valence-corrected chi connectivity index (χ2v) is 12.0. The largest absolute Gasteiger partial charge is 0.489 e. The molecule has 1 atom stereocenters. The van der Waals surface area contributed by atoms with Crippen molar-refractivity contribution >= 4 is 17.5 Å². The number of likely N-dealkylation sites (tertiary alicyclic amines) is 1. The molecule has 2 heterocycles. The standard InChI is InChI=1S/C34H37ClN4O2/c1-34(2,3)27-15-11-24(12-16-27)31(39-19-7-4-8-20-39)22-37-33-30(21-36)38-32(41-33)25-13-17-28(18-14-25)40-23-26-9-5-6-10-29(26)35/h5-6,9-18,31,37H,4,7-8,19-20,22-23H2,1-3H3/t31-/m0/s1. The lowest BCUT2D eigenvalue weighted by Gasteiger charge is -2.35. The molecular formula is C34H37ClN4O2. The van der Waals surface area contributed by atoms with Crippen molar-refractivity contribution < 1.29 is 9.15 Å². The lowest BCUT2D eigenvalue weighted by Crippen LogP contribution is -2.37. The van der Waals surface area contributed by atoms with Gasteiger partial charge in [0.15, 0.2) is 0 Å². The first-order valence-corrected chi connectivity index (χ1v) is 14.7. The van der Waals surface area contributed by atoms with Gasteiger partial charge in [0, 0.05) is 22.7 Å². The first kappa shape index (κ1) is 28.7. The number of hydrogen-bond acceptors (Lipinski definition) is 6.